The number of benzene rings is 1. The Bertz CT molecular complexity index is 1450. The highest BCUT2D eigenvalue weighted by molar-refractivity contribution is 6.34. The van der Waals surface area contributed by atoms with Crippen LogP contribution in [0.3, 0.4) is 0 Å². The van der Waals surface area contributed by atoms with Gasteiger partial charge in [0.05, 0.1) is 29.0 Å². The van der Waals surface area contributed by atoms with E-state index in [9.17, 15) is 9.18 Å². The first-order valence-electron chi connectivity index (χ1n) is 9.65. The third-order valence-corrected chi connectivity index (χ3v) is 5.30. The molecule has 1 amide bonds. The SMILES string of the molecule is Nc1nc2cc(-c3cc[nH]n3)c(Cl)cc2c2cn(CCNC(=O)c3ccc(F)cn3)nc12. The normalized spacial score (nSPS) is 11.3. The number of H-pyrrole nitrogens is 1. The van der Waals surface area contributed by atoms with Crippen LogP contribution in [0, 0.1) is 5.82 Å². The molecule has 0 fully saturated rings. The van der Waals surface area contributed by atoms with Crippen molar-refractivity contribution in [3.05, 3.63) is 65.5 Å². The Morgan fingerprint density at radius 1 is 1.25 bits per heavy atom. The molecule has 0 bridgehead atoms. The smallest absolute Gasteiger partial charge is 0.269 e. The quantitative estimate of drug-likeness (QED) is 0.377. The number of nitrogens with one attached hydrogen (secondary N) is 2. The molecule has 0 radical (unpaired) electrons. The number of aromatic nitrogens is 6. The molecule has 0 atom stereocenters. The summed E-state index contributed by atoms with van der Waals surface area (Å²) in [5, 5.41) is 16.3. The molecule has 0 aliphatic heterocycles. The first kappa shape index (κ1) is 19.9. The van der Waals surface area contributed by atoms with Crippen LogP contribution in [-0.2, 0) is 6.54 Å². The number of nitrogen functional groups attached to an aromatic ring is 1. The number of nitrogens with zero attached hydrogens (tertiary/aromatic N) is 5. The molecule has 5 rings (SSSR count). The van der Waals surface area contributed by atoms with Gasteiger partial charge in [-0.1, -0.05) is 11.6 Å². The molecule has 9 nitrogen and oxygen atoms in total. The van der Waals surface area contributed by atoms with E-state index in [2.05, 4.69) is 30.6 Å². The summed E-state index contributed by atoms with van der Waals surface area (Å²) in [6, 6.07) is 8.00. The van der Waals surface area contributed by atoms with E-state index in [1.807, 2.05) is 24.4 Å². The number of nitrogens with two attached hydrogens (primary N) is 1. The highest BCUT2D eigenvalue weighted by Gasteiger charge is 2.15. The Kier molecular flexibility index (Phi) is 4.91. The number of anilines is 1. The zero-order chi connectivity index (χ0) is 22.2. The van der Waals surface area contributed by atoms with Crippen LogP contribution in [0.2, 0.25) is 5.02 Å². The molecular weight excluding hydrogens is 435 g/mol. The number of carbonyl (C=O) groups excluding carboxylic acids is 1. The van der Waals surface area contributed by atoms with Crippen molar-refractivity contribution in [3.8, 4) is 11.3 Å². The molecule has 0 unspecified atom stereocenters. The van der Waals surface area contributed by atoms with Crippen LogP contribution in [-0.4, -0.2) is 42.4 Å². The molecule has 160 valence electrons. The van der Waals surface area contributed by atoms with E-state index in [0.717, 1.165) is 22.5 Å². The third kappa shape index (κ3) is 3.60. The zero-order valence-corrected chi connectivity index (χ0v) is 17.3. The second-order valence-electron chi connectivity index (χ2n) is 7.08. The van der Waals surface area contributed by atoms with Crippen molar-refractivity contribution >= 4 is 45.1 Å². The Morgan fingerprint density at radius 2 is 2.12 bits per heavy atom. The molecule has 0 spiro atoms. The second kappa shape index (κ2) is 7.89. The van der Waals surface area contributed by atoms with E-state index in [1.165, 1.54) is 12.1 Å². The zero-order valence-electron chi connectivity index (χ0n) is 16.5. The maximum atomic E-state index is 13.0. The van der Waals surface area contributed by atoms with Gasteiger partial charge in [-0.3, -0.25) is 14.6 Å². The van der Waals surface area contributed by atoms with Gasteiger partial charge in [0.1, 0.15) is 17.0 Å². The van der Waals surface area contributed by atoms with Gasteiger partial charge >= 0.3 is 0 Å². The fourth-order valence-electron chi connectivity index (χ4n) is 3.47. The topological polar surface area (TPSA) is 127 Å². The summed E-state index contributed by atoms with van der Waals surface area (Å²) in [7, 11) is 0. The number of amides is 1. The number of hydrogen-bond acceptors (Lipinski definition) is 6. The molecule has 5 aromatic rings. The molecule has 0 aliphatic rings. The van der Waals surface area contributed by atoms with Crippen LogP contribution >= 0.6 is 11.6 Å². The molecule has 32 heavy (non-hydrogen) atoms. The lowest BCUT2D eigenvalue weighted by Crippen LogP contribution is -2.28. The molecule has 11 heteroatoms. The van der Waals surface area contributed by atoms with Crippen LogP contribution in [0.4, 0.5) is 10.2 Å². The minimum atomic E-state index is -0.500. The number of hydrogen-bond donors (Lipinski definition) is 3. The van der Waals surface area contributed by atoms with Crippen molar-refractivity contribution in [3.63, 3.8) is 0 Å². The van der Waals surface area contributed by atoms with Crippen LogP contribution in [0.5, 0.6) is 0 Å². The molecule has 0 aliphatic carbocycles. The standard InChI is InChI=1S/C21H16ClFN8O/c22-15-7-12-14-10-31(6-5-25-21(32)17-2-1-11(23)9-26-17)30-19(14)20(24)28-18(12)8-13(15)16-3-4-27-29-16/h1-4,7-10H,5-6H2,(H2,24,28)(H,25,32)(H,27,29). The largest absolute Gasteiger partial charge is 0.382 e. The lowest BCUT2D eigenvalue weighted by atomic mass is 10.1. The number of pyridine rings is 2. The maximum Gasteiger partial charge on any atom is 0.269 e. The van der Waals surface area contributed by atoms with Crippen molar-refractivity contribution in [1.29, 1.82) is 0 Å². The molecular formula is C21H16ClFN8O. The minimum Gasteiger partial charge on any atom is -0.382 e. The van der Waals surface area contributed by atoms with Gasteiger partial charge in [0.25, 0.3) is 5.91 Å². The number of halogens is 2. The predicted octanol–water partition coefficient (Wildman–Crippen LogP) is 3.17. The van der Waals surface area contributed by atoms with E-state index in [1.54, 1.807) is 10.9 Å². The molecule has 1 aromatic carbocycles. The van der Waals surface area contributed by atoms with Crippen LogP contribution in [0.15, 0.2) is 48.9 Å². The average Bonchev–Trinajstić information content (AvgIpc) is 3.45. The van der Waals surface area contributed by atoms with E-state index in [4.69, 9.17) is 17.3 Å². The average molecular weight is 451 g/mol. The van der Waals surface area contributed by atoms with Gasteiger partial charge in [-0.15, -0.1) is 0 Å². The molecule has 0 saturated heterocycles. The predicted molar refractivity (Wildman–Crippen MR) is 119 cm³/mol. The minimum absolute atomic E-state index is 0.138. The number of fused-ring (bicyclic) bond motifs is 3. The van der Waals surface area contributed by atoms with E-state index in [-0.39, 0.29) is 5.69 Å². The molecule has 4 N–H and O–H groups in total. The van der Waals surface area contributed by atoms with Gasteiger partial charge < -0.3 is 11.1 Å². The second-order valence-corrected chi connectivity index (χ2v) is 7.48. The lowest BCUT2D eigenvalue weighted by molar-refractivity contribution is 0.0947. The molecule has 4 aromatic heterocycles. The van der Waals surface area contributed by atoms with Crippen molar-refractivity contribution < 1.29 is 9.18 Å². The summed E-state index contributed by atoms with van der Waals surface area (Å²) in [5.74, 6) is -0.605. The Hall–Kier alpha value is -4.05. The highest BCUT2D eigenvalue weighted by atomic mass is 35.5. The molecule has 4 heterocycles. The third-order valence-electron chi connectivity index (χ3n) is 4.98. The number of aromatic amines is 1. The summed E-state index contributed by atoms with van der Waals surface area (Å²) >= 11 is 6.51. The maximum absolute atomic E-state index is 13.0. The Labute approximate surface area is 185 Å². The van der Waals surface area contributed by atoms with Gasteiger partial charge in [0.2, 0.25) is 0 Å². The summed E-state index contributed by atoms with van der Waals surface area (Å²) in [6.45, 7) is 0.683. The summed E-state index contributed by atoms with van der Waals surface area (Å²) < 4.78 is 14.6. The first-order valence-corrected chi connectivity index (χ1v) is 10.0. The molecule has 0 saturated carbocycles. The fraction of sp³-hybridized carbons (Fsp3) is 0.0952. The Morgan fingerprint density at radius 3 is 2.88 bits per heavy atom. The fourth-order valence-corrected chi connectivity index (χ4v) is 3.73. The van der Waals surface area contributed by atoms with E-state index < -0.39 is 11.7 Å². The van der Waals surface area contributed by atoms with Crippen LogP contribution in [0.25, 0.3) is 33.1 Å². The van der Waals surface area contributed by atoms with Gasteiger partial charge in [-0.25, -0.2) is 14.4 Å². The highest BCUT2D eigenvalue weighted by Crippen LogP contribution is 2.34. The first-order chi connectivity index (χ1) is 15.5. The number of carbonyl (C=O) groups is 1. The summed E-state index contributed by atoms with van der Waals surface area (Å²) in [5.41, 5.74) is 8.97. The van der Waals surface area contributed by atoms with Crippen molar-refractivity contribution in [1.82, 2.24) is 35.3 Å². The van der Waals surface area contributed by atoms with E-state index >= 15 is 0 Å². The van der Waals surface area contributed by atoms with Crippen LogP contribution in [0.1, 0.15) is 10.5 Å². The summed E-state index contributed by atoms with van der Waals surface area (Å²) in [4.78, 5) is 20.4. The van der Waals surface area contributed by atoms with Crippen LogP contribution < -0.4 is 11.1 Å². The Balaban J connectivity index is 1.41. The number of rotatable bonds is 5. The summed E-state index contributed by atoms with van der Waals surface area (Å²) in [6.07, 6.45) is 4.55. The monoisotopic (exact) mass is 450 g/mol. The lowest BCUT2D eigenvalue weighted by Gasteiger charge is -2.06. The van der Waals surface area contributed by atoms with E-state index in [0.29, 0.717) is 40.7 Å². The van der Waals surface area contributed by atoms with Gasteiger partial charge in [-0.2, -0.15) is 10.2 Å². The van der Waals surface area contributed by atoms with Gasteiger partial charge in [0, 0.05) is 35.3 Å². The van der Waals surface area contributed by atoms with Crippen molar-refractivity contribution in [2.24, 2.45) is 0 Å². The van der Waals surface area contributed by atoms with Crippen molar-refractivity contribution in [2.75, 3.05) is 12.3 Å². The van der Waals surface area contributed by atoms with Crippen molar-refractivity contribution in [2.45, 2.75) is 6.54 Å². The van der Waals surface area contributed by atoms with Gasteiger partial charge in [0.15, 0.2) is 5.82 Å². The van der Waals surface area contributed by atoms with Gasteiger partial charge in [-0.05, 0) is 30.3 Å².